The minimum absolute atomic E-state index is 0. The van der Waals surface area contributed by atoms with Gasteiger partial charge in [0.25, 0.3) is 0 Å². The summed E-state index contributed by atoms with van der Waals surface area (Å²) in [5.74, 6) is 0. The van der Waals surface area contributed by atoms with Crippen molar-refractivity contribution in [1.29, 1.82) is 0 Å². The Kier molecular flexibility index (Phi) is 18.3. The Bertz CT molecular complexity index is 444. The van der Waals surface area contributed by atoms with E-state index in [0.29, 0.717) is 0 Å². The molecule has 1 aliphatic carbocycles. The zero-order valence-electron chi connectivity index (χ0n) is 12.7. The summed E-state index contributed by atoms with van der Waals surface area (Å²) in [4.78, 5) is 0. The molecule has 3 heteroatoms. The predicted octanol–water partition coefficient (Wildman–Crippen LogP) is 2.60. The molecule has 0 heterocycles. The van der Waals surface area contributed by atoms with Crippen molar-refractivity contribution in [2.24, 2.45) is 0 Å². The first kappa shape index (κ1) is 22.4. The molecule has 0 saturated carbocycles. The van der Waals surface area contributed by atoms with Crippen LogP contribution in [0.5, 0.6) is 0 Å². The molecule has 2 aromatic carbocycles. The number of hydrogen-bond acceptors (Lipinski definition) is 2. The van der Waals surface area contributed by atoms with E-state index in [4.69, 9.17) is 10.2 Å². The standard InChI is InChI=1S/C9H7.C5H5.2C2H5O.Hf/c1-2-5-9-7-3-6-8(9)4-1;1-2-4-5-3-1;2*1-2-3;/h1-7H;1-3H,4H2;2*2H2,1H3;/q4*-1;+4. The molecule has 3 rings (SSSR count). The minimum atomic E-state index is 0. The fourth-order valence-electron chi connectivity index (χ4n) is 1.41. The molecule has 2 aromatic rings. The molecule has 0 amide bonds. The third kappa shape index (κ3) is 12.5. The zero-order valence-corrected chi connectivity index (χ0v) is 16.3. The second-order valence-electron chi connectivity index (χ2n) is 3.74. The van der Waals surface area contributed by atoms with Gasteiger partial charge in [-0.05, 0) is 0 Å². The third-order valence-corrected chi connectivity index (χ3v) is 2.13. The van der Waals surface area contributed by atoms with Gasteiger partial charge < -0.3 is 10.2 Å². The first-order chi connectivity index (χ1) is 9.79. The second kappa shape index (κ2) is 17.2. The molecule has 0 unspecified atom stereocenters. The Morgan fingerprint density at radius 1 is 1.10 bits per heavy atom. The molecule has 0 atom stereocenters. The third-order valence-electron chi connectivity index (χ3n) is 2.13. The number of hydrogen-bond donors (Lipinski definition) is 0. The maximum atomic E-state index is 8.93. The fourth-order valence-corrected chi connectivity index (χ4v) is 1.41. The van der Waals surface area contributed by atoms with Crippen LogP contribution in [-0.2, 0) is 25.8 Å². The molecule has 0 bridgehead atoms. The van der Waals surface area contributed by atoms with E-state index in [2.05, 4.69) is 54.6 Å². The average Bonchev–Trinajstić information content (AvgIpc) is 3.15. The van der Waals surface area contributed by atoms with Crippen LogP contribution in [0.15, 0.2) is 60.7 Å². The van der Waals surface area contributed by atoms with Gasteiger partial charge in [-0.1, -0.05) is 19.9 Å². The summed E-state index contributed by atoms with van der Waals surface area (Å²) in [6.45, 7) is 3.14. The summed E-state index contributed by atoms with van der Waals surface area (Å²) in [5.41, 5.74) is 0. The van der Waals surface area contributed by atoms with Crippen LogP contribution < -0.4 is 10.2 Å². The van der Waals surface area contributed by atoms with Gasteiger partial charge in [-0.15, -0.1) is 49.3 Å². The molecule has 0 aromatic heterocycles. The Morgan fingerprint density at radius 3 is 2.14 bits per heavy atom. The summed E-state index contributed by atoms with van der Waals surface area (Å²) in [6.07, 6.45) is 10.0. The first-order valence-electron chi connectivity index (χ1n) is 6.78. The van der Waals surface area contributed by atoms with Crippen molar-refractivity contribution in [3.05, 3.63) is 66.8 Å². The molecule has 110 valence electrons. The van der Waals surface area contributed by atoms with Gasteiger partial charge in [0.15, 0.2) is 0 Å². The van der Waals surface area contributed by atoms with Gasteiger partial charge in [-0.25, -0.2) is 12.2 Å². The molecule has 0 aliphatic heterocycles. The molecule has 0 fully saturated rings. The van der Waals surface area contributed by atoms with E-state index in [-0.39, 0.29) is 39.1 Å². The molecule has 0 N–H and O–H groups in total. The van der Waals surface area contributed by atoms with Crippen molar-refractivity contribution < 1.29 is 36.1 Å². The fraction of sp³-hybridized carbons (Fsp3) is 0.278. The molecular formula is C18H22HfO2. The van der Waals surface area contributed by atoms with Gasteiger partial charge in [0, 0.05) is 0 Å². The van der Waals surface area contributed by atoms with Crippen LogP contribution in [0, 0.1) is 6.08 Å². The average molecular weight is 449 g/mol. The van der Waals surface area contributed by atoms with Crippen molar-refractivity contribution in [2.45, 2.75) is 20.3 Å². The molecule has 1 aliphatic rings. The molecule has 0 saturated heterocycles. The topological polar surface area (TPSA) is 46.1 Å². The van der Waals surface area contributed by atoms with Gasteiger partial charge in [0.2, 0.25) is 0 Å². The van der Waals surface area contributed by atoms with Gasteiger partial charge >= 0.3 is 25.8 Å². The summed E-state index contributed by atoms with van der Waals surface area (Å²) in [5, 5.41) is 20.5. The van der Waals surface area contributed by atoms with Gasteiger partial charge in [-0.3, -0.25) is 6.08 Å². The van der Waals surface area contributed by atoms with E-state index in [1.807, 2.05) is 12.2 Å². The molecular weight excluding hydrogens is 427 g/mol. The molecule has 2 nitrogen and oxygen atoms in total. The van der Waals surface area contributed by atoms with Crippen molar-refractivity contribution in [1.82, 2.24) is 0 Å². The van der Waals surface area contributed by atoms with E-state index >= 15 is 0 Å². The smallest absolute Gasteiger partial charge is 0.855 e. The first-order valence-corrected chi connectivity index (χ1v) is 6.78. The van der Waals surface area contributed by atoms with Gasteiger partial charge in [0.1, 0.15) is 0 Å². The summed E-state index contributed by atoms with van der Waals surface area (Å²) in [6, 6.07) is 14.7. The second-order valence-corrected chi connectivity index (χ2v) is 3.74. The van der Waals surface area contributed by atoms with Crippen LogP contribution in [0.1, 0.15) is 20.3 Å². The van der Waals surface area contributed by atoms with E-state index in [1.165, 1.54) is 10.8 Å². The van der Waals surface area contributed by atoms with Crippen LogP contribution in [0.2, 0.25) is 0 Å². The number of allylic oxidation sites excluding steroid dienone is 4. The van der Waals surface area contributed by atoms with Crippen LogP contribution in [0.3, 0.4) is 0 Å². The molecule has 0 spiro atoms. The summed E-state index contributed by atoms with van der Waals surface area (Å²) >= 11 is 0. The monoisotopic (exact) mass is 450 g/mol. The van der Waals surface area contributed by atoms with Crippen LogP contribution in [-0.4, -0.2) is 13.2 Å². The quantitative estimate of drug-likeness (QED) is 0.459. The molecule has 0 radical (unpaired) electrons. The number of fused-ring (bicyclic) bond motifs is 1. The number of benzene rings is 1. The summed E-state index contributed by atoms with van der Waals surface area (Å²) in [7, 11) is 0. The van der Waals surface area contributed by atoms with E-state index in [9.17, 15) is 0 Å². The van der Waals surface area contributed by atoms with Crippen LogP contribution in [0.25, 0.3) is 10.8 Å². The zero-order chi connectivity index (χ0) is 15.1. The Labute approximate surface area is 147 Å². The Morgan fingerprint density at radius 2 is 1.71 bits per heavy atom. The van der Waals surface area contributed by atoms with Crippen molar-refractivity contribution in [3.63, 3.8) is 0 Å². The van der Waals surface area contributed by atoms with Crippen molar-refractivity contribution in [3.8, 4) is 0 Å². The van der Waals surface area contributed by atoms with Gasteiger partial charge in [0.05, 0.1) is 0 Å². The van der Waals surface area contributed by atoms with E-state index < -0.39 is 0 Å². The predicted molar refractivity (Wildman–Crippen MR) is 82.2 cm³/mol. The van der Waals surface area contributed by atoms with Crippen molar-refractivity contribution >= 4 is 10.8 Å². The van der Waals surface area contributed by atoms with Crippen LogP contribution in [0.4, 0.5) is 0 Å². The molecule has 21 heavy (non-hydrogen) atoms. The van der Waals surface area contributed by atoms with Crippen molar-refractivity contribution in [2.75, 3.05) is 13.2 Å². The van der Waals surface area contributed by atoms with Gasteiger partial charge in [-0.2, -0.15) is 23.6 Å². The van der Waals surface area contributed by atoms with Crippen LogP contribution >= 0.6 is 0 Å². The SMILES string of the molecule is CC[O-].CC[O-].[C-]1=CC=CC1.[Hf+4].c1ccc2[cH-]ccc2c1. The normalized spacial score (nSPS) is 10.3. The van der Waals surface area contributed by atoms with E-state index in [0.717, 1.165) is 6.42 Å². The largest absolute Gasteiger partial charge is 4.00 e. The minimum Gasteiger partial charge on any atom is -0.855 e. The Hall–Kier alpha value is -0.900. The number of rotatable bonds is 0. The Balaban J connectivity index is 0. The summed E-state index contributed by atoms with van der Waals surface area (Å²) < 4.78 is 0. The van der Waals surface area contributed by atoms with E-state index in [1.54, 1.807) is 13.8 Å². The maximum Gasteiger partial charge on any atom is 4.00 e. The maximum absolute atomic E-state index is 8.93.